The molecule has 0 saturated heterocycles. The van der Waals surface area contributed by atoms with E-state index >= 15 is 0 Å². The number of carbonyl (C=O) groups is 2. The van der Waals surface area contributed by atoms with Crippen molar-refractivity contribution in [1.29, 1.82) is 0 Å². The highest BCUT2D eigenvalue weighted by molar-refractivity contribution is 7.93. The number of sulfonamides is 4. The van der Waals surface area contributed by atoms with Crippen LogP contribution in [-0.2, 0) is 80.1 Å². The number of aliphatic carboxylic acids is 1. The zero-order valence-electron chi connectivity index (χ0n) is 48.5. The van der Waals surface area contributed by atoms with Crippen molar-refractivity contribution < 1.29 is 58.2 Å². The number of hydrogen-bond acceptors (Lipinski definition) is 16. The van der Waals surface area contributed by atoms with Crippen LogP contribution < -0.4 is 18.9 Å². The molecule has 1 amide bonds. The predicted octanol–water partition coefficient (Wildman–Crippen LogP) is 14.2. The fourth-order valence-electron chi connectivity index (χ4n) is 8.09. The highest BCUT2D eigenvalue weighted by Gasteiger charge is 2.25. The maximum Gasteiger partial charge on any atom is 0.307 e. The summed E-state index contributed by atoms with van der Waals surface area (Å²) < 4.78 is 116. The van der Waals surface area contributed by atoms with Crippen LogP contribution in [0, 0.1) is 27.7 Å². The number of rotatable bonds is 24. The summed E-state index contributed by atoms with van der Waals surface area (Å²) in [6, 6.07) is 19.0. The Morgan fingerprint density at radius 2 is 0.761 bits per heavy atom. The van der Waals surface area contributed by atoms with E-state index in [-0.39, 0.29) is 50.6 Å². The Kier molecular flexibility index (Phi) is 28.1. The molecule has 6 N–H and O–H groups in total. The largest absolute Gasteiger partial charge is 0.481 e. The van der Waals surface area contributed by atoms with Gasteiger partial charge < -0.3 is 19.8 Å². The molecule has 4 heterocycles. The van der Waals surface area contributed by atoms with Crippen molar-refractivity contribution in [3.8, 4) is 0 Å². The maximum atomic E-state index is 12.7. The second-order valence-electron chi connectivity index (χ2n) is 18.9. The molecule has 0 bridgehead atoms. The van der Waals surface area contributed by atoms with Gasteiger partial charge in [0.15, 0.2) is 0 Å². The molecule has 0 fully saturated rings. The van der Waals surface area contributed by atoms with E-state index in [0.29, 0.717) is 110 Å². The van der Waals surface area contributed by atoms with Gasteiger partial charge in [0.05, 0.1) is 61.8 Å². The predicted molar refractivity (Wildman–Crippen MR) is 359 cm³/mol. The molecule has 18 nitrogen and oxygen atoms in total. The highest BCUT2D eigenvalue weighted by atomic mass is 35.5. The SMILES string of the molecule is CCN(CC)C(=O)Cc1cscc1NS(=O)(=O)c1cccc(Cl)c1C.CCOCCc1cscc1NS(=O)(=O)c1cccc(Cl)c1C.Cc1c(Cl)cccc1S(=O)(=O)Nc1cscc1CC(=O)O.Cc1c(Cl)cccc1S(=O)(=O)Nc1cscc1CCO. The van der Waals surface area contributed by atoms with Crippen molar-refractivity contribution in [3.05, 3.63) is 180 Å². The number of ether oxygens (including phenoxy) is 1. The normalized spacial score (nSPS) is 11.5. The third-order valence-corrected chi connectivity index (χ3v) is 23.7. The van der Waals surface area contributed by atoms with Crippen LogP contribution in [0.25, 0.3) is 0 Å². The lowest BCUT2D eigenvalue weighted by Crippen LogP contribution is -2.31. The molecule has 0 unspecified atom stereocenters. The van der Waals surface area contributed by atoms with E-state index in [1.165, 1.54) is 63.5 Å². The molecule has 476 valence electrons. The summed E-state index contributed by atoms with van der Waals surface area (Å²) >= 11 is 29.4. The van der Waals surface area contributed by atoms with Crippen LogP contribution in [0.5, 0.6) is 0 Å². The van der Waals surface area contributed by atoms with Gasteiger partial charge >= 0.3 is 5.97 Å². The van der Waals surface area contributed by atoms with E-state index in [1.807, 2.05) is 31.5 Å². The van der Waals surface area contributed by atoms with Crippen LogP contribution in [0.2, 0.25) is 20.1 Å². The number of hydrogen-bond donors (Lipinski definition) is 6. The zero-order chi connectivity index (χ0) is 65.1. The molecule has 30 heteroatoms. The van der Waals surface area contributed by atoms with E-state index in [9.17, 15) is 43.3 Å². The minimum absolute atomic E-state index is 0.0252. The summed E-state index contributed by atoms with van der Waals surface area (Å²) in [5.74, 6) is -1.05. The molecule has 8 aromatic rings. The second-order valence-corrected chi connectivity index (χ2v) is 30.1. The Hall–Kier alpha value is -5.30. The monoisotopic (exact) mass is 1440 g/mol. The molecule has 0 aliphatic rings. The van der Waals surface area contributed by atoms with Gasteiger partial charge in [0.25, 0.3) is 40.1 Å². The quantitative estimate of drug-likeness (QED) is 0.0308. The Labute approximate surface area is 550 Å². The summed E-state index contributed by atoms with van der Waals surface area (Å²) in [7, 11) is -14.9. The summed E-state index contributed by atoms with van der Waals surface area (Å²) in [6.45, 7) is 14.8. The molecule has 0 aliphatic heterocycles. The molecule has 8 rings (SSSR count). The number of benzene rings is 4. The van der Waals surface area contributed by atoms with Gasteiger partial charge in [-0.2, -0.15) is 0 Å². The van der Waals surface area contributed by atoms with Crippen molar-refractivity contribution in [2.45, 2.75) is 93.7 Å². The number of aliphatic hydroxyl groups excluding tert-OH is 1. The number of nitrogens with zero attached hydrogens (tertiary/aromatic N) is 1. The first-order valence-corrected chi connectivity index (χ1v) is 37.7. The third-order valence-electron chi connectivity index (χ3n) is 12.9. The Morgan fingerprint density at radius 3 is 1.06 bits per heavy atom. The molecule has 0 spiro atoms. The molecule has 0 radical (unpaired) electrons. The average molecular weight is 1440 g/mol. The van der Waals surface area contributed by atoms with Gasteiger partial charge in [-0.1, -0.05) is 70.7 Å². The number of halogens is 4. The first-order chi connectivity index (χ1) is 41.5. The number of thiophene rings is 4. The number of carbonyl (C=O) groups excluding carboxylic acids is 1. The first kappa shape index (κ1) is 73.4. The third kappa shape index (κ3) is 20.4. The molecule has 4 aromatic carbocycles. The Bertz CT molecular complexity index is 4150. The number of amides is 1. The average Bonchev–Trinajstić information content (AvgIpc) is 3.38. The molecule has 0 atom stereocenters. The highest BCUT2D eigenvalue weighted by Crippen LogP contribution is 2.33. The van der Waals surface area contributed by atoms with Gasteiger partial charge in [-0.25, -0.2) is 33.7 Å². The minimum atomic E-state index is -3.82. The standard InChI is InChI=1S/C17H21ClN2O3S2.C15H18ClNO3S2.C13H12ClNO4S2.C13H14ClNO3S2/c1-4-20(5-2)17(21)9-13-10-24-11-15(13)19-25(22,23)16-8-6-7-14(18)12(16)3;1-3-20-8-7-12-9-21-10-14(12)17-22(18,19)15-6-4-5-13(16)11(15)2;1-8-10(14)3-2-4-12(8)21(18,19)15-11-7-20-6-9(11)5-13(16)17;1-9-11(14)3-2-4-13(9)20(17,18)15-12-8-19-7-10(12)5-6-16/h6-8,10-11,19H,4-5,9H2,1-3H3;4-6,9-10,17H,3,7-8H2,1-2H3;2-4,6-7,15H,5H2,1H3,(H,16,17);2-4,7-8,15-16H,5-6H2,1H3. The number of nitrogens with one attached hydrogen (secondary N) is 4. The summed E-state index contributed by atoms with van der Waals surface area (Å²) in [4.78, 5) is 25.3. The number of carboxylic acids is 1. The van der Waals surface area contributed by atoms with Crippen molar-refractivity contribution >= 4 is 166 Å². The van der Waals surface area contributed by atoms with E-state index in [0.717, 1.165) is 11.1 Å². The van der Waals surface area contributed by atoms with Gasteiger partial charge in [0.2, 0.25) is 5.91 Å². The molecular formula is C58H65Cl4N5O13S8. The lowest BCUT2D eigenvalue weighted by molar-refractivity contribution is -0.136. The van der Waals surface area contributed by atoms with Gasteiger partial charge in [-0.05, 0) is 176 Å². The second kappa shape index (κ2) is 33.7. The van der Waals surface area contributed by atoms with E-state index in [4.69, 9.17) is 61.4 Å². The zero-order valence-corrected chi connectivity index (χ0v) is 58.1. The number of likely N-dealkylation sites (N-methyl/N-ethyl adjacent to an activating group) is 1. The van der Waals surface area contributed by atoms with Gasteiger partial charge in [0.1, 0.15) is 0 Å². The van der Waals surface area contributed by atoms with Gasteiger partial charge in [0, 0.05) is 67.9 Å². The molecule has 0 saturated carbocycles. The number of anilines is 4. The van der Waals surface area contributed by atoms with Crippen molar-refractivity contribution in [2.75, 3.05) is 51.8 Å². The fraction of sp³-hybridized carbons (Fsp3) is 0.276. The maximum absolute atomic E-state index is 12.7. The lowest BCUT2D eigenvalue weighted by atomic mass is 10.2. The summed E-state index contributed by atoms with van der Waals surface area (Å²) in [5, 5.41) is 33.3. The van der Waals surface area contributed by atoms with Crippen LogP contribution in [0.15, 0.2) is 135 Å². The van der Waals surface area contributed by atoms with Crippen molar-refractivity contribution in [3.63, 3.8) is 0 Å². The number of aliphatic hydroxyl groups is 1. The first-order valence-electron chi connectivity index (χ1n) is 26.5. The molecule has 0 aliphatic carbocycles. The van der Waals surface area contributed by atoms with E-state index in [1.54, 1.807) is 119 Å². The number of carboxylic acid groups (broad SMARTS) is 1. The fourth-order valence-corrected chi connectivity index (χ4v) is 18.0. The summed E-state index contributed by atoms with van der Waals surface area (Å²) in [6.07, 6.45) is 1.01. The van der Waals surface area contributed by atoms with Gasteiger partial charge in [-0.15, -0.1) is 45.3 Å². The molecule has 88 heavy (non-hydrogen) atoms. The van der Waals surface area contributed by atoms with E-state index in [2.05, 4.69) is 18.9 Å². The van der Waals surface area contributed by atoms with E-state index < -0.39 is 46.1 Å². The minimum Gasteiger partial charge on any atom is -0.481 e. The van der Waals surface area contributed by atoms with Crippen LogP contribution in [-0.4, -0.2) is 93.6 Å². The van der Waals surface area contributed by atoms with Crippen molar-refractivity contribution in [1.82, 2.24) is 4.90 Å². The van der Waals surface area contributed by atoms with Gasteiger partial charge in [-0.3, -0.25) is 28.5 Å². The lowest BCUT2D eigenvalue weighted by Gasteiger charge is -2.19. The van der Waals surface area contributed by atoms with Crippen LogP contribution in [0.3, 0.4) is 0 Å². The smallest absolute Gasteiger partial charge is 0.307 e. The Balaban J connectivity index is 0.000000214. The Morgan fingerprint density at radius 1 is 0.466 bits per heavy atom. The summed E-state index contributed by atoms with van der Waals surface area (Å²) in [5.41, 5.74) is 6.63. The molecular weight excluding hydrogens is 1370 g/mol. The van der Waals surface area contributed by atoms with Crippen LogP contribution in [0.1, 0.15) is 65.3 Å². The van der Waals surface area contributed by atoms with Crippen LogP contribution in [0.4, 0.5) is 22.7 Å². The molecule has 4 aromatic heterocycles. The topological polar surface area (TPSA) is 272 Å². The van der Waals surface area contributed by atoms with Crippen molar-refractivity contribution in [2.24, 2.45) is 0 Å². The van der Waals surface area contributed by atoms with Crippen LogP contribution >= 0.6 is 91.8 Å².